The van der Waals surface area contributed by atoms with Crippen molar-refractivity contribution in [3.63, 3.8) is 0 Å². The molecule has 0 N–H and O–H groups in total. The monoisotopic (exact) mass is 832 g/mol. The van der Waals surface area contributed by atoms with Crippen molar-refractivity contribution < 1.29 is 25.8 Å². The number of hydrogen-bond acceptors (Lipinski definition) is 3. The van der Waals surface area contributed by atoms with Crippen LogP contribution in [0.5, 0.6) is 11.5 Å². The maximum absolute atomic E-state index is 6.52. The molecule has 1 aliphatic heterocycles. The number of fused-ring (bicyclic) bond motifs is 4. The first kappa shape index (κ1) is 33.7. The average Bonchev–Trinajstić information content (AvgIpc) is 3.64. The zero-order valence-corrected chi connectivity index (χ0v) is 31.5. The van der Waals surface area contributed by atoms with E-state index in [1.54, 1.807) is 0 Å². The molecule has 7 aromatic rings. The number of para-hydroxylation sites is 3. The molecule has 8 rings (SSSR count). The van der Waals surface area contributed by atoms with Crippen molar-refractivity contribution in [1.29, 1.82) is 0 Å². The van der Waals surface area contributed by atoms with E-state index in [0.717, 1.165) is 44.9 Å². The van der Waals surface area contributed by atoms with Crippen LogP contribution >= 0.6 is 0 Å². The van der Waals surface area contributed by atoms with E-state index >= 15 is 0 Å². The van der Waals surface area contributed by atoms with Gasteiger partial charge in [-0.2, -0.15) is 35.9 Å². The Morgan fingerprint density at radius 2 is 1.26 bits per heavy atom. The van der Waals surface area contributed by atoms with E-state index in [2.05, 4.69) is 178 Å². The van der Waals surface area contributed by atoms with Crippen LogP contribution in [0.25, 0.3) is 27.5 Å². The predicted molar refractivity (Wildman–Crippen MR) is 203 cm³/mol. The summed E-state index contributed by atoms with van der Waals surface area (Å²) in [6.07, 6.45) is 0. The Balaban J connectivity index is 0.00000392. The largest absolute Gasteiger partial charge is 4.00 e. The summed E-state index contributed by atoms with van der Waals surface area (Å²) in [5.74, 6) is 1.25. The number of ether oxygens (including phenoxy) is 1. The van der Waals surface area contributed by atoms with Crippen LogP contribution in [-0.4, -0.2) is 4.57 Å². The van der Waals surface area contributed by atoms with Gasteiger partial charge in [0.25, 0.3) is 0 Å². The van der Waals surface area contributed by atoms with Crippen molar-refractivity contribution in [3.8, 4) is 17.2 Å². The third kappa shape index (κ3) is 6.11. The normalized spacial score (nSPS) is 13.1. The Bertz CT molecular complexity index is 2340. The van der Waals surface area contributed by atoms with Gasteiger partial charge in [0.1, 0.15) is 0 Å². The number of anilines is 4. The van der Waals surface area contributed by atoms with Crippen LogP contribution in [0.15, 0.2) is 121 Å². The first-order valence-corrected chi connectivity index (χ1v) is 16.9. The van der Waals surface area contributed by atoms with Crippen molar-refractivity contribution in [1.82, 2.24) is 4.57 Å². The molecule has 0 radical (unpaired) electrons. The quantitative estimate of drug-likeness (QED) is 0.161. The summed E-state index contributed by atoms with van der Waals surface area (Å²) in [5, 5.41) is 2.29. The minimum absolute atomic E-state index is 0. The molecule has 0 bridgehead atoms. The molecule has 0 spiro atoms. The van der Waals surface area contributed by atoms with Gasteiger partial charge in [-0.05, 0) is 52.1 Å². The van der Waals surface area contributed by atoms with E-state index in [9.17, 15) is 0 Å². The summed E-state index contributed by atoms with van der Waals surface area (Å²) >= 11 is 0. The van der Waals surface area contributed by atoms with E-state index in [1.165, 1.54) is 16.5 Å². The Labute approximate surface area is 310 Å². The first-order valence-electron chi connectivity index (χ1n) is 16.9. The minimum Gasteiger partial charge on any atom is -0.509 e. The molecule has 5 heteroatoms. The molecular formula is C45H39N3OPt. The second-order valence-corrected chi connectivity index (χ2v) is 14.8. The Morgan fingerprint density at radius 3 is 2.04 bits per heavy atom. The van der Waals surface area contributed by atoms with Gasteiger partial charge in [-0.15, -0.1) is 54.1 Å². The van der Waals surface area contributed by atoms with Gasteiger partial charge in [-0.25, -0.2) is 0 Å². The molecule has 250 valence electrons. The Kier molecular flexibility index (Phi) is 8.65. The predicted octanol–water partition coefficient (Wildman–Crippen LogP) is 12.0. The molecule has 0 fully saturated rings. The summed E-state index contributed by atoms with van der Waals surface area (Å²) in [4.78, 5) is 4.42. The molecule has 0 unspecified atom stereocenters. The zero-order valence-electron chi connectivity index (χ0n) is 29.2. The van der Waals surface area contributed by atoms with E-state index < -0.39 is 0 Å². The second kappa shape index (κ2) is 12.8. The van der Waals surface area contributed by atoms with Crippen molar-refractivity contribution in [2.75, 3.05) is 9.80 Å². The molecule has 0 amide bonds. The molecule has 50 heavy (non-hydrogen) atoms. The van der Waals surface area contributed by atoms with Gasteiger partial charge in [-0.3, -0.25) is 0 Å². The van der Waals surface area contributed by atoms with Gasteiger partial charge in [0.15, 0.2) is 0 Å². The molecule has 1 aliphatic rings. The third-order valence-corrected chi connectivity index (χ3v) is 9.30. The van der Waals surface area contributed by atoms with Gasteiger partial charge in [-0.1, -0.05) is 95.2 Å². The molecule has 0 saturated carbocycles. The summed E-state index contributed by atoms with van der Waals surface area (Å²) in [5.41, 5.74) is 9.89. The second-order valence-electron chi connectivity index (χ2n) is 14.8. The van der Waals surface area contributed by atoms with Crippen LogP contribution in [0.4, 0.5) is 22.7 Å². The van der Waals surface area contributed by atoms with Gasteiger partial charge < -0.3 is 19.1 Å². The van der Waals surface area contributed by atoms with Crippen LogP contribution in [-0.2, 0) is 31.9 Å². The Hall–Kier alpha value is -4.79. The summed E-state index contributed by atoms with van der Waals surface area (Å²) in [6.45, 7) is 15.6. The number of nitrogens with zero attached hydrogens (tertiary/aromatic N) is 3. The van der Waals surface area contributed by atoms with Gasteiger partial charge in [0.05, 0.1) is 0 Å². The molecule has 1 aromatic heterocycles. The molecular weight excluding hydrogens is 794 g/mol. The van der Waals surface area contributed by atoms with Crippen LogP contribution in [0, 0.1) is 24.9 Å². The first-order chi connectivity index (χ1) is 23.5. The van der Waals surface area contributed by atoms with Crippen molar-refractivity contribution >= 4 is 44.6 Å². The average molecular weight is 833 g/mol. The third-order valence-electron chi connectivity index (χ3n) is 9.30. The van der Waals surface area contributed by atoms with E-state index in [1.807, 2.05) is 24.3 Å². The molecule has 2 heterocycles. The summed E-state index contributed by atoms with van der Waals surface area (Å²) in [6, 6.07) is 53.0. The van der Waals surface area contributed by atoms with E-state index in [0.29, 0.717) is 11.5 Å². The van der Waals surface area contributed by atoms with Crippen molar-refractivity contribution in [3.05, 3.63) is 157 Å². The van der Waals surface area contributed by atoms with Crippen molar-refractivity contribution in [2.24, 2.45) is 0 Å². The molecule has 0 aliphatic carbocycles. The molecule has 6 aromatic carbocycles. The fraction of sp³-hybridized carbons (Fsp3) is 0.178. The van der Waals surface area contributed by atoms with Gasteiger partial charge in [0, 0.05) is 34.1 Å². The van der Waals surface area contributed by atoms with Crippen LogP contribution in [0.1, 0.15) is 52.7 Å². The van der Waals surface area contributed by atoms with Crippen LogP contribution in [0.2, 0.25) is 0 Å². The van der Waals surface area contributed by atoms with E-state index in [4.69, 9.17) is 4.74 Å². The van der Waals surface area contributed by atoms with Crippen LogP contribution < -0.4 is 14.5 Å². The van der Waals surface area contributed by atoms with Gasteiger partial charge in [0.2, 0.25) is 0 Å². The number of benzene rings is 6. The minimum atomic E-state index is 0. The number of hydrogen-bond donors (Lipinski definition) is 0. The standard InChI is InChI=1S/C45H39N3O.Pt/c1-44(2,3)31-14-11-16-33(26-31)46-30-47(42-23-10-9-22-41(42)46)34-17-13-19-36(28-34)49-37-24-25-39-38-20-7-8-21-40(38)48(43(39)29-37)35-18-12-15-32(27-35)45(4,5)6;/h7-17,19-27,30H,1-6H3;/q-4;+4. The fourth-order valence-corrected chi connectivity index (χ4v) is 6.62. The molecule has 0 saturated heterocycles. The SMILES string of the molecule is CC(C)(C)c1cc[c-]c(-n2c3[c-]c(Oc4[c-]c(N5[CH-]N(c6cccc(C(C)(C)C)c6)c6ccccc65)ccc4)ccc3c3ccccc32)c1.[Pt+4]. The van der Waals surface area contributed by atoms with Gasteiger partial charge >= 0.3 is 21.1 Å². The number of aromatic nitrogens is 1. The Morgan fingerprint density at radius 1 is 0.580 bits per heavy atom. The topological polar surface area (TPSA) is 20.6 Å². The number of rotatable bonds is 5. The smallest absolute Gasteiger partial charge is 0.509 e. The molecule has 0 atom stereocenters. The summed E-state index contributed by atoms with van der Waals surface area (Å²) < 4.78 is 8.76. The van der Waals surface area contributed by atoms with Crippen LogP contribution in [0.3, 0.4) is 0 Å². The maximum atomic E-state index is 6.52. The maximum Gasteiger partial charge on any atom is 4.00 e. The molecule has 4 nitrogen and oxygen atoms in total. The fourth-order valence-electron chi connectivity index (χ4n) is 6.62. The van der Waals surface area contributed by atoms with E-state index in [-0.39, 0.29) is 31.9 Å². The summed E-state index contributed by atoms with van der Waals surface area (Å²) in [7, 11) is 0. The van der Waals surface area contributed by atoms with Crippen molar-refractivity contribution in [2.45, 2.75) is 52.4 Å². The zero-order chi connectivity index (χ0) is 33.9.